The van der Waals surface area contributed by atoms with Crippen molar-refractivity contribution in [2.24, 2.45) is 5.92 Å². The second-order valence-corrected chi connectivity index (χ2v) is 5.86. The SMILES string of the molecule is CC[C@@H](C)C(=O)NCC(=O)Nc1ccnn1Cc1ccsc1. The summed E-state index contributed by atoms with van der Waals surface area (Å²) in [7, 11) is 0. The first kappa shape index (κ1) is 16.2. The maximum atomic E-state index is 11.9. The summed E-state index contributed by atoms with van der Waals surface area (Å²) in [5.74, 6) is 0.166. The zero-order valence-electron chi connectivity index (χ0n) is 12.7. The van der Waals surface area contributed by atoms with Gasteiger partial charge in [-0.1, -0.05) is 13.8 Å². The molecule has 7 heteroatoms. The molecule has 0 unspecified atom stereocenters. The van der Waals surface area contributed by atoms with Crippen molar-refractivity contribution in [2.45, 2.75) is 26.8 Å². The average Bonchev–Trinajstić information content (AvgIpc) is 3.17. The molecule has 0 aliphatic rings. The van der Waals surface area contributed by atoms with Crippen LogP contribution in [-0.4, -0.2) is 28.1 Å². The van der Waals surface area contributed by atoms with Crippen LogP contribution in [0, 0.1) is 5.92 Å². The molecule has 0 aliphatic carbocycles. The molecule has 0 saturated heterocycles. The molecule has 118 valence electrons. The minimum atomic E-state index is -0.260. The van der Waals surface area contributed by atoms with Crippen molar-refractivity contribution in [1.82, 2.24) is 15.1 Å². The van der Waals surface area contributed by atoms with Crippen LogP contribution in [0.3, 0.4) is 0 Å². The smallest absolute Gasteiger partial charge is 0.244 e. The summed E-state index contributed by atoms with van der Waals surface area (Å²) in [4.78, 5) is 23.6. The molecular weight excluding hydrogens is 300 g/mol. The van der Waals surface area contributed by atoms with E-state index in [2.05, 4.69) is 15.7 Å². The summed E-state index contributed by atoms with van der Waals surface area (Å²) in [5.41, 5.74) is 1.13. The third kappa shape index (κ3) is 4.42. The molecule has 2 amide bonds. The number of nitrogens with zero attached hydrogens (tertiary/aromatic N) is 2. The van der Waals surface area contributed by atoms with Gasteiger partial charge in [0.1, 0.15) is 5.82 Å². The first-order valence-corrected chi connectivity index (χ1v) is 8.15. The van der Waals surface area contributed by atoms with Gasteiger partial charge in [0.25, 0.3) is 0 Å². The number of hydrogen-bond acceptors (Lipinski definition) is 4. The monoisotopic (exact) mass is 320 g/mol. The predicted octanol–water partition coefficient (Wildman–Crippen LogP) is 2.09. The van der Waals surface area contributed by atoms with Gasteiger partial charge in [0, 0.05) is 12.0 Å². The number of carbonyl (C=O) groups excluding carboxylic acids is 2. The Morgan fingerprint density at radius 2 is 2.23 bits per heavy atom. The number of hydrogen-bond donors (Lipinski definition) is 2. The first-order chi connectivity index (χ1) is 10.6. The van der Waals surface area contributed by atoms with Gasteiger partial charge in [-0.05, 0) is 28.8 Å². The lowest BCUT2D eigenvalue weighted by Crippen LogP contribution is -2.36. The lowest BCUT2D eigenvalue weighted by atomic mass is 10.1. The van der Waals surface area contributed by atoms with E-state index < -0.39 is 0 Å². The molecule has 0 bridgehead atoms. The van der Waals surface area contributed by atoms with Crippen molar-refractivity contribution in [2.75, 3.05) is 11.9 Å². The summed E-state index contributed by atoms with van der Waals surface area (Å²) in [6.07, 6.45) is 2.39. The predicted molar refractivity (Wildman–Crippen MR) is 86.7 cm³/mol. The Labute approximate surface area is 133 Å². The fourth-order valence-corrected chi connectivity index (χ4v) is 2.49. The summed E-state index contributed by atoms with van der Waals surface area (Å²) >= 11 is 1.62. The molecule has 2 aromatic heterocycles. The van der Waals surface area contributed by atoms with Gasteiger partial charge in [-0.25, -0.2) is 4.68 Å². The Morgan fingerprint density at radius 1 is 1.41 bits per heavy atom. The highest BCUT2D eigenvalue weighted by molar-refractivity contribution is 7.07. The molecule has 0 radical (unpaired) electrons. The summed E-state index contributed by atoms with van der Waals surface area (Å²) < 4.78 is 1.72. The molecule has 2 aromatic rings. The lowest BCUT2D eigenvalue weighted by Gasteiger charge is -2.11. The van der Waals surface area contributed by atoms with Crippen molar-refractivity contribution in [1.29, 1.82) is 0 Å². The zero-order chi connectivity index (χ0) is 15.9. The van der Waals surface area contributed by atoms with Gasteiger partial charge < -0.3 is 10.6 Å². The Kier molecular flexibility index (Phi) is 5.71. The van der Waals surface area contributed by atoms with E-state index in [0.717, 1.165) is 12.0 Å². The molecule has 1 atom stereocenters. The molecule has 2 rings (SSSR count). The van der Waals surface area contributed by atoms with Crippen molar-refractivity contribution < 1.29 is 9.59 Å². The standard InChI is InChI=1S/C15H20N4O2S/c1-3-11(2)15(21)16-8-14(20)18-13-4-6-17-19(13)9-12-5-7-22-10-12/h4-7,10-11H,3,8-9H2,1-2H3,(H,16,21)(H,18,20)/t11-/m1/s1. The molecular formula is C15H20N4O2S. The van der Waals surface area contributed by atoms with Gasteiger partial charge in [-0.15, -0.1) is 0 Å². The Bertz CT molecular complexity index is 621. The number of anilines is 1. The van der Waals surface area contributed by atoms with Crippen LogP contribution >= 0.6 is 11.3 Å². The third-order valence-electron chi connectivity index (χ3n) is 3.38. The van der Waals surface area contributed by atoms with Crippen LogP contribution in [0.2, 0.25) is 0 Å². The number of thiophene rings is 1. The van der Waals surface area contributed by atoms with Gasteiger partial charge in [0.2, 0.25) is 11.8 Å². The van der Waals surface area contributed by atoms with Crippen LogP contribution in [0.4, 0.5) is 5.82 Å². The van der Waals surface area contributed by atoms with Crippen molar-refractivity contribution in [3.05, 3.63) is 34.7 Å². The molecule has 0 spiro atoms. The van der Waals surface area contributed by atoms with E-state index in [1.165, 1.54) is 0 Å². The highest BCUT2D eigenvalue weighted by atomic mass is 32.1. The Morgan fingerprint density at radius 3 is 2.91 bits per heavy atom. The van der Waals surface area contributed by atoms with Gasteiger partial charge in [-0.2, -0.15) is 16.4 Å². The fourth-order valence-electron chi connectivity index (χ4n) is 1.83. The van der Waals surface area contributed by atoms with E-state index in [0.29, 0.717) is 12.4 Å². The van der Waals surface area contributed by atoms with Crippen LogP contribution in [0.1, 0.15) is 25.8 Å². The van der Waals surface area contributed by atoms with E-state index >= 15 is 0 Å². The fraction of sp³-hybridized carbons (Fsp3) is 0.400. The van der Waals surface area contributed by atoms with Crippen LogP contribution in [-0.2, 0) is 16.1 Å². The first-order valence-electron chi connectivity index (χ1n) is 7.20. The quantitative estimate of drug-likeness (QED) is 0.820. The maximum absolute atomic E-state index is 11.9. The van der Waals surface area contributed by atoms with Crippen LogP contribution < -0.4 is 10.6 Å². The van der Waals surface area contributed by atoms with Gasteiger partial charge >= 0.3 is 0 Å². The second-order valence-electron chi connectivity index (χ2n) is 5.08. The van der Waals surface area contributed by atoms with Crippen LogP contribution in [0.15, 0.2) is 29.1 Å². The van der Waals surface area contributed by atoms with E-state index in [1.807, 2.05) is 30.7 Å². The molecule has 2 N–H and O–H groups in total. The second kappa shape index (κ2) is 7.74. The van der Waals surface area contributed by atoms with Crippen LogP contribution in [0.5, 0.6) is 0 Å². The number of nitrogens with one attached hydrogen (secondary N) is 2. The summed E-state index contributed by atoms with van der Waals surface area (Å²) in [6, 6.07) is 3.76. The van der Waals surface area contributed by atoms with Crippen molar-refractivity contribution in [3.8, 4) is 0 Å². The van der Waals surface area contributed by atoms with Gasteiger partial charge in [0.05, 0.1) is 19.3 Å². The molecule has 22 heavy (non-hydrogen) atoms. The molecule has 0 fully saturated rings. The third-order valence-corrected chi connectivity index (χ3v) is 4.11. The minimum Gasteiger partial charge on any atom is -0.347 e. The highest BCUT2D eigenvalue weighted by Crippen LogP contribution is 2.12. The van der Waals surface area contributed by atoms with Crippen LogP contribution in [0.25, 0.3) is 0 Å². The Hall–Kier alpha value is -2.15. The molecule has 0 aromatic carbocycles. The largest absolute Gasteiger partial charge is 0.347 e. The topological polar surface area (TPSA) is 76.0 Å². The Balaban J connectivity index is 1.87. The van der Waals surface area contributed by atoms with Crippen molar-refractivity contribution >= 4 is 29.0 Å². The average molecular weight is 320 g/mol. The number of carbonyl (C=O) groups is 2. The summed E-state index contributed by atoms with van der Waals surface area (Å²) in [6.45, 7) is 4.34. The van der Waals surface area contributed by atoms with E-state index in [9.17, 15) is 9.59 Å². The van der Waals surface area contributed by atoms with E-state index in [-0.39, 0.29) is 24.3 Å². The van der Waals surface area contributed by atoms with E-state index in [4.69, 9.17) is 0 Å². The van der Waals surface area contributed by atoms with Gasteiger partial charge in [-0.3, -0.25) is 9.59 Å². The number of aromatic nitrogens is 2. The molecule has 0 saturated carbocycles. The molecule has 2 heterocycles. The maximum Gasteiger partial charge on any atom is 0.244 e. The minimum absolute atomic E-state index is 0.0349. The lowest BCUT2D eigenvalue weighted by molar-refractivity contribution is -0.126. The summed E-state index contributed by atoms with van der Waals surface area (Å²) in [5, 5.41) is 13.6. The normalized spacial score (nSPS) is 11.9. The van der Waals surface area contributed by atoms with Gasteiger partial charge in [0.15, 0.2) is 0 Å². The number of amides is 2. The molecule has 0 aliphatic heterocycles. The molecule has 6 nitrogen and oxygen atoms in total. The number of rotatable bonds is 7. The zero-order valence-corrected chi connectivity index (χ0v) is 13.5. The van der Waals surface area contributed by atoms with Crippen molar-refractivity contribution in [3.63, 3.8) is 0 Å². The highest BCUT2D eigenvalue weighted by Gasteiger charge is 2.13. The van der Waals surface area contributed by atoms with E-state index in [1.54, 1.807) is 28.3 Å².